The van der Waals surface area contributed by atoms with Crippen LogP contribution < -0.4 is 0 Å². The maximum absolute atomic E-state index is 12.0. The van der Waals surface area contributed by atoms with Gasteiger partial charge in [-0.3, -0.25) is 14.6 Å². The molecule has 0 spiro atoms. The van der Waals surface area contributed by atoms with Crippen LogP contribution in [-0.2, 0) is 16.0 Å². The maximum atomic E-state index is 12.0. The van der Waals surface area contributed by atoms with E-state index in [1.165, 1.54) is 6.92 Å². The van der Waals surface area contributed by atoms with Crippen LogP contribution in [0.1, 0.15) is 26.0 Å². The lowest BCUT2D eigenvalue weighted by molar-refractivity contribution is -0.150. The number of carbonyl (C=O) groups excluding carboxylic acids is 1. The predicted octanol–water partition coefficient (Wildman–Crippen LogP) is 1.58. The maximum Gasteiger partial charge on any atom is 0.315 e. The van der Waals surface area contributed by atoms with Crippen molar-refractivity contribution in [3.8, 4) is 0 Å². The van der Waals surface area contributed by atoms with Crippen LogP contribution in [-0.4, -0.2) is 40.0 Å². The topological polar surface area (TPSA) is 70.5 Å². The zero-order chi connectivity index (χ0) is 14.3. The van der Waals surface area contributed by atoms with Crippen LogP contribution in [0.5, 0.6) is 0 Å². The Kier molecular flexibility index (Phi) is 5.99. The molecule has 0 fully saturated rings. The van der Waals surface area contributed by atoms with Gasteiger partial charge in [0, 0.05) is 31.4 Å². The van der Waals surface area contributed by atoms with E-state index in [4.69, 9.17) is 5.11 Å². The quantitative estimate of drug-likeness (QED) is 0.759. The summed E-state index contributed by atoms with van der Waals surface area (Å²) in [5.74, 6) is -2.40. The minimum absolute atomic E-state index is 0.328. The van der Waals surface area contributed by atoms with Gasteiger partial charge >= 0.3 is 5.97 Å². The molecule has 104 valence electrons. The molecule has 0 bridgehead atoms. The van der Waals surface area contributed by atoms with Crippen LogP contribution >= 0.6 is 0 Å². The van der Waals surface area contributed by atoms with Gasteiger partial charge in [-0.25, -0.2) is 0 Å². The Bertz CT molecular complexity index is 420. The molecule has 1 heterocycles. The average Bonchev–Trinajstić information content (AvgIpc) is 2.42. The number of carboxylic acids is 1. The third kappa shape index (κ3) is 4.69. The van der Waals surface area contributed by atoms with Gasteiger partial charge in [0.2, 0.25) is 5.91 Å². The molecule has 1 amide bonds. The van der Waals surface area contributed by atoms with Crippen LogP contribution in [0.4, 0.5) is 0 Å². The molecule has 1 N–H and O–H groups in total. The van der Waals surface area contributed by atoms with E-state index in [2.05, 4.69) is 4.98 Å². The SMILES string of the molecule is CCCN(CCc1ccccn1)C(=O)C(C)C(=O)O. The van der Waals surface area contributed by atoms with Gasteiger partial charge in [-0.15, -0.1) is 0 Å². The van der Waals surface area contributed by atoms with Gasteiger partial charge in [0.25, 0.3) is 0 Å². The third-order valence-electron chi connectivity index (χ3n) is 2.91. The number of aromatic nitrogens is 1. The number of carbonyl (C=O) groups is 2. The Labute approximate surface area is 113 Å². The summed E-state index contributed by atoms with van der Waals surface area (Å²) in [5.41, 5.74) is 0.902. The summed E-state index contributed by atoms with van der Waals surface area (Å²) in [6, 6.07) is 5.63. The van der Waals surface area contributed by atoms with E-state index in [0.717, 1.165) is 12.1 Å². The van der Waals surface area contributed by atoms with Crippen molar-refractivity contribution < 1.29 is 14.7 Å². The van der Waals surface area contributed by atoms with Crippen molar-refractivity contribution in [1.82, 2.24) is 9.88 Å². The van der Waals surface area contributed by atoms with Gasteiger partial charge in [0.1, 0.15) is 5.92 Å². The van der Waals surface area contributed by atoms with Crippen LogP contribution in [0.2, 0.25) is 0 Å². The fraction of sp³-hybridized carbons (Fsp3) is 0.500. The molecule has 19 heavy (non-hydrogen) atoms. The molecule has 1 unspecified atom stereocenters. The Hall–Kier alpha value is -1.91. The molecule has 1 aromatic heterocycles. The van der Waals surface area contributed by atoms with E-state index in [-0.39, 0.29) is 5.91 Å². The Morgan fingerprint density at radius 2 is 2.11 bits per heavy atom. The van der Waals surface area contributed by atoms with Crippen molar-refractivity contribution in [2.24, 2.45) is 5.92 Å². The van der Waals surface area contributed by atoms with E-state index >= 15 is 0 Å². The summed E-state index contributed by atoms with van der Waals surface area (Å²) in [6.45, 7) is 4.46. The van der Waals surface area contributed by atoms with Crippen molar-refractivity contribution in [2.45, 2.75) is 26.7 Å². The van der Waals surface area contributed by atoms with E-state index in [0.29, 0.717) is 19.5 Å². The van der Waals surface area contributed by atoms with Gasteiger partial charge < -0.3 is 10.0 Å². The lowest BCUT2D eigenvalue weighted by atomic mass is 10.1. The first-order chi connectivity index (χ1) is 9.06. The number of carboxylic acid groups (broad SMARTS) is 1. The summed E-state index contributed by atoms with van der Waals surface area (Å²) < 4.78 is 0. The molecule has 1 aromatic rings. The van der Waals surface area contributed by atoms with Crippen LogP contribution in [0, 0.1) is 5.92 Å². The summed E-state index contributed by atoms with van der Waals surface area (Å²) in [7, 11) is 0. The average molecular weight is 264 g/mol. The largest absolute Gasteiger partial charge is 0.481 e. The Morgan fingerprint density at radius 1 is 1.37 bits per heavy atom. The van der Waals surface area contributed by atoms with Gasteiger partial charge in [-0.1, -0.05) is 13.0 Å². The molecule has 1 atom stereocenters. The zero-order valence-corrected chi connectivity index (χ0v) is 11.4. The van der Waals surface area contributed by atoms with Crippen molar-refractivity contribution in [3.63, 3.8) is 0 Å². The van der Waals surface area contributed by atoms with E-state index in [1.807, 2.05) is 25.1 Å². The molecule has 0 aliphatic heterocycles. The second kappa shape index (κ2) is 7.51. The molecule has 0 aliphatic rings. The second-order valence-electron chi connectivity index (χ2n) is 4.46. The highest BCUT2D eigenvalue weighted by molar-refractivity contribution is 5.96. The van der Waals surface area contributed by atoms with E-state index < -0.39 is 11.9 Å². The summed E-state index contributed by atoms with van der Waals surface area (Å²) >= 11 is 0. The number of pyridine rings is 1. The monoisotopic (exact) mass is 264 g/mol. The lowest BCUT2D eigenvalue weighted by Gasteiger charge is -2.23. The molecular weight excluding hydrogens is 244 g/mol. The van der Waals surface area contributed by atoms with Crippen molar-refractivity contribution in [3.05, 3.63) is 30.1 Å². The third-order valence-corrected chi connectivity index (χ3v) is 2.91. The normalized spacial score (nSPS) is 11.9. The summed E-state index contributed by atoms with van der Waals surface area (Å²) in [4.78, 5) is 28.7. The van der Waals surface area contributed by atoms with Crippen LogP contribution in [0.15, 0.2) is 24.4 Å². The molecule has 0 radical (unpaired) electrons. The first-order valence-corrected chi connectivity index (χ1v) is 6.47. The summed E-state index contributed by atoms with van der Waals surface area (Å²) in [6.07, 6.45) is 3.15. The molecule has 1 rings (SSSR count). The first-order valence-electron chi connectivity index (χ1n) is 6.47. The van der Waals surface area contributed by atoms with Gasteiger partial charge in [0.15, 0.2) is 0 Å². The van der Waals surface area contributed by atoms with Gasteiger partial charge in [0.05, 0.1) is 0 Å². The highest BCUT2D eigenvalue weighted by atomic mass is 16.4. The molecule has 0 aromatic carbocycles. The lowest BCUT2D eigenvalue weighted by Crippen LogP contribution is -2.40. The van der Waals surface area contributed by atoms with Gasteiger partial charge in [-0.2, -0.15) is 0 Å². The minimum Gasteiger partial charge on any atom is -0.481 e. The number of hydrogen-bond donors (Lipinski definition) is 1. The number of nitrogens with zero attached hydrogens (tertiary/aromatic N) is 2. The highest BCUT2D eigenvalue weighted by Crippen LogP contribution is 2.06. The van der Waals surface area contributed by atoms with E-state index in [1.54, 1.807) is 11.1 Å². The molecule has 5 nitrogen and oxygen atoms in total. The molecular formula is C14H20N2O3. The fourth-order valence-corrected chi connectivity index (χ4v) is 1.78. The number of rotatable bonds is 7. The number of amides is 1. The first kappa shape index (κ1) is 15.1. The van der Waals surface area contributed by atoms with Crippen molar-refractivity contribution in [2.75, 3.05) is 13.1 Å². The molecule has 0 aliphatic carbocycles. The zero-order valence-electron chi connectivity index (χ0n) is 11.4. The van der Waals surface area contributed by atoms with Crippen molar-refractivity contribution >= 4 is 11.9 Å². The fourth-order valence-electron chi connectivity index (χ4n) is 1.78. The standard InChI is InChI=1S/C14H20N2O3/c1-3-9-16(13(17)11(2)14(18)19)10-7-12-6-4-5-8-15-12/h4-6,8,11H,3,7,9-10H2,1-2H3,(H,18,19). The Morgan fingerprint density at radius 3 is 2.63 bits per heavy atom. The van der Waals surface area contributed by atoms with Crippen molar-refractivity contribution in [1.29, 1.82) is 0 Å². The molecule has 0 saturated carbocycles. The van der Waals surface area contributed by atoms with Crippen LogP contribution in [0.3, 0.4) is 0 Å². The van der Waals surface area contributed by atoms with E-state index in [9.17, 15) is 9.59 Å². The predicted molar refractivity (Wildman–Crippen MR) is 71.6 cm³/mol. The minimum atomic E-state index is -1.08. The van der Waals surface area contributed by atoms with Crippen LogP contribution in [0.25, 0.3) is 0 Å². The smallest absolute Gasteiger partial charge is 0.315 e. The number of aliphatic carboxylic acids is 1. The van der Waals surface area contributed by atoms with Gasteiger partial charge in [-0.05, 0) is 25.5 Å². The number of hydrogen-bond acceptors (Lipinski definition) is 3. The molecule has 0 saturated heterocycles. The second-order valence-corrected chi connectivity index (χ2v) is 4.46. The Balaban J connectivity index is 2.62. The summed E-state index contributed by atoms with van der Waals surface area (Å²) in [5, 5.41) is 8.89. The highest BCUT2D eigenvalue weighted by Gasteiger charge is 2.25. The molecule has 5 heteroatoms.